The molecule has 0 amide bonds. The molecule has 0 aliphatic carbocycles. The number of aliphatic hydroxyl groups excluding tert-OH is 1. The summed E-state index contributed by atoms with van der Waals surface area (Å²) in [6, 6.07) is 1.62. The lowest BCUT2D eigenvalue weighted by Gasteiger charge is -2.13. The number of rotatable bonds is 2. The summed E-state index contributed by atoms with van der Waals surface area (Å²) in [6.45, 7) is 6.25. The van der Waals surface area contributed by atoms with Crippen LogP contribution in [0, 0.1) is 0 Å². The first-order valence-electron chi connectivity index (χ1n) is 4.77. The second kappa shape index (κ2) is 3.71. The van der Waals surface area contributed by atoms with Gasteiger partial charge in [-0.3, -0.25) is 4.68 Å². The zero-order chi connectivity index (χ0) is 10.9. The Hall–Kier alpha value is -0.870. The van der Waals surface area contributed by atoms with Gasteiger partial charge in [0, 0.05) is 12.5 Å². The number of aliphatic hydroxyl groups is 1. The van der Waals surface area contributed by atoms with Crippen LogP contribution in [0.15, 0.2) is 6.07 Å². The molecule has 0 aromatic carbocycles. The van der Waals surface area contributed by atoms with Gasteiger partial charge < -0.3 is 10.8 Å². The van der Waals surface area contributed by atoms with E-state index in [9.17, 15) is 0 Å². The molecule has 80 valence electrons. The first kappa shape index (κ1) is 11.2. The van der Waals surface area contributed by atoms with Crippen LogP contribution < -0.4 is 5.73 Å². The monoisotopic (exact) mass is 197 g/mol. The topological polar surface area (TPSA) is 64.1 Å². The molecule has 1 rings (SSSR count). The van der Waals surface area contributed by atoms with Gasteiger partial charge in [0.2, 0.25) is 0 Å². The van der Waals surface area contributed by atoms with E-state index in [1.165, 1.54) is 0 Å². The van der Waals surface area contributed by atoms with Crippen molar-refractivity contribution in [2.75, 3.05) is 6.61 Å². The van der Waals surface area contributed by atoms with Crippen LogP contribution >= 0.6 is 0 Å². The van der Waals surface area contributed by atoms with E-state index < -0.39 is 0 Å². The summed E-state index contributed by atoms with van der Waals surface area (Å²) in [5, 5.41) is 13.3. The van der Waals surface area contributed by atoms with E-state index in [0.717, 1.165) is 11.4 Å². The lowest BCUT2D eigenvalue weighted by Crippen LogP contribution is -2.17. The highest BCUT2D eigenvalue weighted by atomic mass is 16.3. The van der Waals surface area contributed by atoms with Gasteiger partial charge in [0.15, 0.2) is 0 Å². The van der Waals surface area contributed by atoms with Crippen molar-refractivity contribution in [2.24, 2.45) is 12.8 Å². The van der Waals surface area contributed by atoms with Gasteiger partial charge in [-0.25, -0.2) is 0 Å². The highest BCUT2D eigenvalue weighted by molar-refractivity contribution is 5.19. The highest BCUT2D eigenvalue weighted by Gasteiger charge is 2.20. The Bertz CT molecular complexity index is 312. The minimum atomic E-state index is -0.344. The van der Waals surface area contributed by atoms with Crippen LogP contribution in [0.1, 0.15) is 38.2 Å². The van der Waals surface area contributed by atoms with Crippen LogP contribution in [0.25, 0.3) is 0 Å². The number of hydrogen-bond donors (Lipinski definition) is 2. The molecule has 3 N–H and O–H groups in total. The molecule has 0 spiro atoms. The molecular weight excluding hydrogens is 178 g/mol. The normalized spacial score (nSPS) is 14.4. The van der Waals surface area contributed by atoms with Crippen molar-refractivity contribution in [1.29, 1.82) is 0 Å². The van der Waals surface area contributed by atoms with E-state index >= 15 is 0 Å². The van der Waals surface area contributed by atoms with Gasteiger partial charge in [0.1, 0.15) is 0 Å². The second-order valence-electron chi connectivity index (χ2n) is 4.62. The summed E-state index contributed by atoms with van der Waals surface area (Å²) in [7, 11) is 1.85. The first-order chi connectivity index (χ1) is 6.36. The molecule has 0 saturated heterocycles. The summed E-state index contributed by atoms with van der Waals surface area (Å²) in [5.74, 6) is 0. The molecule has 1 heterocycles. The maximum Gasteiger partial charge on any atom is 0.0701 e. The van der Waals surface area contributed by atoms with Gasteiger partial charge >= 0.3 is 0 Å². The van der Waals surface area contributed by atoms with Crippen LogP contribution in [-0.2, 0) is 12.5 Å². The van der Waals surface area contributed by atoms with Gasteiger partial charge in [-0.1, -0.05) is 20.8 Å². The van der Waals surface area contributed by atoms with E-state index in [1.54, 1.807) is 4.68 Å². The average molecular weight is 197 g/mol. The van der Waals surface area contributed by atoms with Crippen LogP contribution in [0.5, 0.6) is 0 Å². The summed E-state index contributed by atoms with van der Waals surface area (Å²) in [5.41, 5.74) is 7.63. The van der Waals surface area contributed by atoms with Gasteiger partial charge in [0.25, 0.3) is 0 Å². The zero-order valence-electron chi connectivity index (χ0n) is 9.28. The molecule has 1 atom stereocenters. The summed E-state index contributed by atoms with van der Waals surface area (Å²) < 4.78 is 1.74. The molecule has 4 nitrogen and oxygen atoms in total. The van der Waals surface area contributed by atoms with Crippen molar-refractivity contribution in [1.82, 2.24) is 9.78 Å². The van der Waals surface area contributed by atoms with E-state index in [0.29, 0.717) is 0 Å². The smallest absolute Gasteiger partial charge is 0.0701 e. The van der Waals surface area contributed by atoms with Gasteiger partial charge in [-0.15, -0.1) is 0 Å². The van der Waals surface area contributed by atoms with Crippen molar-refractivity contribution >= 4 is 0 Å². The fourth-order valence-corrected chi connectivity index (χ4v) is 1.29. The number of aromatic nitrogens is 2. The largest absolute Gasteiger partial charge is 0.394 e. The molecule has 0 radical (unpaired) electrons. The molecule has 14 heavy (non-hydrogen) atoms. The molecule has 1 aromatic heterocycles. The Morgan fingerprint density at radius 2 is 2.14 bits per heavy atom. The van der Waals surface area contributed by atoms with Crippen molar-refractivity contribution < 1.29 is 5.11 Å². The molecule has 0 bridgehead atoms. The minimum absolute atomic E-state index is 0.0190. The second-order valence-corrected chi connectivity index (χ2v) is 4.62. The maximum atomic E-state index is 8.96. The Morgan fingerprint density at radius 3 is 2.50 bits per heavy atom. The molecule has 0 aliphatic rings. The van der Waals surface area contributed by atoms with Crippen molar-refractivity contribution in [3.05, 3.63) is 17.5 Å². The standard InChI is InChI=1S/C10H19N3O/c1-10(2,3)9-5-8(7(11)6-14)13(4)12-9/h5,7,14H,6,11H2,1-4H3. The number of aryl methyl sites for hydroxylation is 1. The number of nitrogens with two attached hydrogens (primary N) is 1. The molecule has 4 heteroatoms. The fourth-order valence-electron chi connectivity index (χ4n) is 1.29. The van der Waals surface area contributed by atoms with Crippen molar-refractivity contribution in [3.63, 3.8) is 0 Å². The average Bonchev–Trinajstić information content (AvgIpc) is 2.45. The Morgan fingerprint density at radius 1 is 1.57 bits per heavy atom. The summed E-state index contributed by atoms with van der Waals surface area (Å²) in [4.78, 5) is 0. The maximum absolute atomic E-state index is 8.96. The summed E-state index contributed by atoms with van der Waals surface area (Å²) in [6.07, 6.45) is 0. The lowest BCUT2D eigenvalue weighted by molar-refractivity contribution is 0.263. The van der Waals surface area contributed by atoms with Crippen LogP contribution in [-0.4, -0.2) is 21.5 Å². The third-order valence-electron chi connectivity index (χ3n) is 2.26. The predicted molar refractivity (Wildman–Crippen MR) is 55.9 cm³/mol. The van der Waals surface area contributed by atoms with Crippen molar-refractivity contribution in [2.45, 2.75) is 32.2 Å². The Labute approximate surface area is 84.7 Å². The van der Waals surface area contributed by atoms with E-state index in [2.05, 4.69) is 25.9 Å². The molecular formula is C10H19N3O. The van der Waals surface area contributed by atoms with Crippen LogP contribution in [0.3, 0.4) is 0 Å². The zero-order valence-corrected chi connectivity index (χ0v) is 9.28. The molecule has 0 fully saturated rings. The third kappa shape index (κ3) is 2.13. The fraction of sp³-hybridized carbons (Fsp3) is 0.700. The molecule has 1 unspecified atom stereocenters. The number of nitrogens with zero attached hydrogens (tertiary/aromatic N) is 2. The minimum Gasteiger partial charge on any atom is -0.394 e. The van der Waals surface area contributed by atoms with Gasteiger partial charge in [-0.2, -0.15) is 5.10 Å². The third-order valence-corrected chi connectivity index (χ3v) is 2.26. The lowest BCUT2D eigenvalue weighted by atomic mass is 9.92. The van der Waals surface area contributed by atoms with Gasteiger partial charge in [-0.05, 0) is 6.07 Å². The first-order valence-corrected chi connectivity index (χ1v) is 4.77. The quantitative estimate of drug-likeness (QED) is 0.734. The SMILES string of the molecule is Cn1nc(C(C)(C)C)cc1C(N)CO. The Kier molecular flexibility index (Phi) is 2.97. The van der Waals surface area contributed by atoms with Crippen LogP contribution in [0.2, 0.25) is 0 Å². The van der Waals surface area contributed by atoms with Crippen LogP contribution in [0.4, 0.5) is 0 Å². The van der Waals surface area contributed by atoms with Gasteiger partial charge in [0.05, 0.1) is 24.0 Å². The molecule has 0 aliphatic heterocycles. The Balaban J connectivity index is 3.05. The van der Waals surface area contributed by atoms with E-state index in [1.807, 2.05) is 13.1 Å². The van der Waals surface area contributed by atoms with E-state index in [4.69, 9.17) is 10.8 Å². The highest BCUT2D eigenvalue weighted by Crippen LogP contribution is 2.23. The van der Waals surface area contributed by atoms with E-state index in [-0.39, 0.29) is 18.1 Å². The number of hydrogen-bond acceptors (Lipinski definition) is 3. The molecule has 0 saturated carbocycles. The van der Waals surface area contributed by atoms with Crippen molar-refractivity contribution in [3.8, 4) is 0 Å². The summed E-state index contributed by atoms with van der Waals surface area (Å²) >= 11 is 0. The predicted octanol–water partition coefficient (Wildman–Crippen LogP) is 0.710. The molecule has 1 aromatic rings.